The van der Waals surface area contributed by atoms with E-state index in [1.165, 1.54) is 0 Å². The van der Waals surface area contributed by atoms with Gasteiger partial charge in [0.05, 0.1) is 6.10 Å². The fourth-order valence-electron chi connectivity index (χ4n) is 4.31. The van der Waals surface area contributed by atoms with Crippen LogP contribution in [0.2, 0.25) is 0 Å². The molecule has 0 aromatic heterocycles. The summed E-state index contributed by atoms with van der Waals surface area (Å²) in [4.78, 5) is 28.3. The first kappa shape index (κ1) is 18.1. The molecule has 1 saturated heterocycles. The Kier molecular flexibility index (Phi) is 4.95. The molecule has 146 valence electrons. The number of hydrogen-bond acceptors (Lipinski definition) is 5. The maximum Gasteiger partial charge on any atom is 0.254 e. The normalized spacial score (nSPS) is 26.0. The minimum atomic E-state index is -0.0246. The molecule has 1 aromatic rings. The Morgan fingerprint density at radius 3 is 2.81 bits per heavy atom. The van der Waals surface area contributed by atoms with Gasteiger partial charge in [-0.25, -0.2) is 0 Å². The zero-order chi connectivity index (χ0) is 19.0. The topological polar surface area (TPSA) is 68.3 Å². The predicted molar refractivity (Wildman–Crippen MR) is 97.7 cm³/mol. The second-order valence-electron chi connectivity index (χ2n) is 7.77. The number of amides is 2. The van der Waals surface area contributed by atoms with Gasteiger partial charge >= 0.3 is 0 Å². The van der Waals surface area contributed by atoms with Gasteiger partial charge in [0.2, 0.25) is 12.7 Å². The number of nitrogens with zero attached hydrogens (tertiary/aromatic N) is 2. The Labute approximate surface area is 159 Å². The van der Waals surface area contributed by atoms with Gasteiger partial charge in [0, 0.05) is 38.7 Å². The van der Waals surface area contributed by atoms with Crippen molar-refractivity contribution in [2.24, 2.45) is 11.8 Å². The predicted octanol–water partition coefficient (Wildman–Crippen LogP) is 1.76. The molecule has 7 heteroatoms. The smallest absolute Gasteiger partial charge is 0.254 e. The first-order valence-electron chi connectivity index (χ1n) is 9.53. The highest BCUT2D eigenvalue weighted by Crippen LogP contribution is 2.39. The van der Waals surface area contributed by atoms with Crippen molar-refractivity contribution in [3.8, 4) is 11.5 Å². The van der Waals surface area contributed by atoms with E-state index in [2.05, 4.69) is 0 Å². The number of ether oxygens (including phenoxy) is 3. The third kappa shape index (κ3) is 3.60. The van der Waals surface area contributed by atoms with Gasteiger partial charge in [-0.05, 0) is 37.0 Å². The van der Waals surface area contributed by atoms with Crippen LogP contribution in [-0.2, 0) is 9.53 Å². The molecule has 0 spiro atoms. The van der Waals surface area contributed by atoms with Crippen molar-refractivity contribution in [1.29, 1.82) is 0 Å². The van der Waals surface area contributed by atoms with Crippen LogP contribution >= 0.6 is 0 Å². The SMILES string of the molecule is CN(C)C(=O)COC1CCC[C@@H]2CN(C(=O)c3ccc4c(c3)OCO4)C[C@H]12. The summed E-state index contributed by atoms with van der Waals surface area (Å²) in [7, 11) is 3.47. The fraction of sp³-hybridized carbons (Fsp3) is 0.600. The van der Waals surface area contributed by atoms with Crippen molar-refractivity contribution in [3.05, 3.63) is 23.8 Å². The van der Waals surface area contributed by atoms with Crippen LogP contribution < -0.4 is 9.47 Å². The Morgan fingerprint density at radius 1 is 1.19 bits per heavy atom. The molecule has 1 saturated carbocycles. The average Bonchev–Trinajstić information content (AvgIpc) is 3.31. The van der Waals surface area contributed by atoms with Gasteiger partial charge < -0.3 is 24.0 Å². The molecular formula is C20H26N2O5. The second kappa shape index (κ2) is 7.38. The van der Waals surface area contributed by atoms with Gasteiger partial charge in [-0.2, -0.15) is 0 Å². The summed E-state index contributed by atoms with van der Waals surface area (Å²) in [6.45, 7) is 1.74. The highest BCUT2D eigenvalue weighted by atomic mass is 16.7. The molecule has 3 atom stereocenters. The molecular weight excluding hydrogens is 348 g/mol. The van der Waals surface area contributed by atoms with E-state index in [9.17, 15) is 9.59 Å². The molecule has 0 bridgehead atoms. The second-order valence-corrected chi connectivity index (χ2v) is 7.77. The number of carbonyl (C=O) groups is 2. The number of likely N-dealkylation sites (tertiary alicyclic amines) is 1. The third-order valence-corrected chi connectivity index (χ3v) is 5.86. The molecule has 0 radical (unpaired) electrons. The van der Waals surface area contributed by atoms with Gasteiger partial charge in [0.1, 0.15) is 6.61 Å². The molecule has 1 aliphatic carbocycles. The van der Waals surface area contributed by atoms with E-state index in [0.717, 1.165) is 25.8 Å². The van der Waals surface area contributed by atoms with E-state index in [1.54, 1.807) is 37.2 Å². The molecule has 2 fully saturated rings. The zero-order valence-electron chi connectivity index (χ0n) is 15.8. The average molecular weight is 374 g/mol. The van der Waals surface area contributed by atoms with Crippen LogP contribution in [0.5, 0.6) is 11.5 Å². The van der Waals surface area contributed by atoms with Crippen molar-refractivity contribution in [2.75, 3.05) is 40.6 Å². The third-order valence-electron chi connectivity index (χ3n) is 5.86. The van der Waals surface area contributed by atoms with Crippen LogP contribution in [0.4, 0.5) is 0 Å². The minimum absolute atomic E-state index is 0.0193. The van der Waals surface area contributed by atoms with E-state index in [1.807, 2.05) is 4.90 Å². The molecule has 2 aliphatic heterocycles. The Morgan fingerprint density at radius 2 is 2.00 bits per heavy atom. The Balaban J connectivity index is 1.41. The van der Waals surface area contributed by atoms with Crippen LogP contribution in [0.1, 0.15) is 29.6 Å². The van der Waals surface area contributed by atoms with Crippen LogP contribution in [0, 0.1) is 11.8 Å². The van der Waals surface area contributed by atoms with Crippen molar-refractivity contribution >= 4 is 11.8 Å². The van der Waals surface area contributed by atoms with E-state index < -0.39 is 0 Å². The van der Waals surface area contributed by atoms with Crippen LogP contribution in [0.25, 0.3) is 0 Å². The molecule has 0 N–H and O–H groups in total. The lowest BCUT2D eigenvalue weighted by molar-refractivity contribution is -0.138. The molecule has 1 aromatic carbocycles. The highest BCUT2D eigenvalue weighted by molar-refractivity contribution is 5.95. The first-order chi connectivity index (χ1) is 13.0. The highest BCUT2D eigenvalue weighted by Gasteiger charge is 2.42. The standard InChI is InChI=1S/C20H26N2O5/c1-21(2)19(23)11-25-16-5-3-4-14-9-22(10-15(14)16)20(24)13-6-7-17-18(8-13)27-12-26-17/h6-8,14-16H,3-5,9-12H2,1-2H3/t14-,15+,16?/m1/s1. The molecule has 4 rings (SSSR count). The molecule has 2 heterocycles. The summed E-state index contributed by atoms with van der Waals surface area (Å²) >= 11 is 0. The maximum atomic E-state index is 13.0. The summed E-state index contributed by atoms with van der Waals surface area (Å²) in [5, 5.41) is 0. The van der Waals surface area contributed by atoms with Gasteiger partial charge in [0.25, 0.3) is 5.91 Å². The molecule has 1 unspecified atom stereocenters. The number of fused-ring (bicyclic) bond motifs is 2. The number of hydrogen-bond donors (Lipinski definition) is 0. The maximum absolute atomic E-state index is 13.0. The monoisotopic (exact) mass is 374 g/mol. The zero-order valence-corrected chi connectivity index (χ0v) is 15.8. The summed E-state index contributed by atoms with van der Waals surface area (Å²) < 4.78 is 16.7. The van der Waals surface area contributed by atoms with E-state index in [-0.39, 0.29) is 31.3 Å². The molecule has 2 amide bonds. The summed E-state index contributed by atoms with van der Waals surface area (Å²) in [5.74, 6) is 2.04. The lowest BCUT2D eigenvalue weighted by Gasteiger charge is -2.32. The van der Waals surface area contributed by atoms with Crippen molar-refractivity contribution < 1.29 is 23.8 Å². The largest absolute Gasteiger partial charge is 0.454 e. The van der Waals surface area contributed by atoms with Crippen LogP contribution in [-0.4, -0.2) is 68.3 Å². The van der Waals surface area contributed by atoms with E-state index in [0.29, 0.717) is 35.4 Å². The minimum Gasteiger partial charge on any atom is -0.454 e. The molecule has 27 heavy (non-hydrogen) atoms. The van der Waals surface area contributed by atoms with Gasteiger partial charge in [0.15, 0.2) is 11.5 Å². The van der Waals surface area contributed by atoms with Gasteiger partial charge in [-0.1, -0.05) is 6.42 Å². The molecule has 7 nitrogen and oxygen atoms in total. The summed E-state index contributed by atoms with van der Waals surface area (Å²) in [6, 6.07) is 5.34. The lowest BCUT2D eigenvalue weighted by Crippen LogP contribution is -2.37. The first-order valence-corrected chi connectivity index (χ1v) is 9.53. The molecule has 3 aliphatic rings. The van der Waals surface area contributed by atoms with E-state index >= 15 is 0 Å². The number of rotatable bonds is 4. The van der Waals surface area contributed by atoms with Crippen LogP contribution in [0.3, 0.4) is 0 Å². The summed E-state index contributed by atoms with van der Waals surface area (Å²) in [5.41, 5.74) is 0.623. The quantitative estimate of drug-likeness (QED) is 0.803. The number of benzene rings is 1. The Bertz CT molecular complexity index is 735. The number of likely N-dealkylation sites (N-methyl/N-ethyl adjacent to an activating group) is 1. The fourth-order valence-corrected chi connectivity index (χ4v) is 4.31. The van der Waals surface area contributed by atoms with Crippen molar-refractivity contribution in [3.63, 3.8) is 0 Å². The number of carbonyl (C=O) groups excluding carboxylic acids is 2. The van der Waals surface area contributed by atoms with Crippen molar-refractivity contribution in [2.45, 2.75) is 25.4 Å². The van der Waals surface area contributed by atoms with Crippen LogP contribution in [0.15, 0.2) is 18.2 Å². The van der Waals surface area contributed by atoms with Gasteiger partial charge in [-0.15, -0.1) is 0 Å². The van der Waals surface area contributed by atoms with Crippen molar-refractivity contribution in [1.82, 2.24) is 9.80 Å². The van der Waals surface area contributed by atoms with Gasteiger partial charge in [-0.3, -0.25) is 9.59 Å². The Hall–Kier alpha value is -2.28. The lowest BCUT2D eigenvalue weighted by atomic mass is 9.79. The van der Waals surface area contributed by atoms with E-state index in [4.69, 9.17) is 14.2 Å². The summed E-state index contributed by atoms with van der Waals surface area (Å²) in [6.07, 6.45) is 3.18.